The van der Waals surface area contributed by atoms with E-state index in [1.165, 1.54) is 23.2 Å². The molecule has 0 unspecified atom stereocenters. The van der Waals surface area contributed by atoms with Crippen LogP contribution in [0.3, 0.4) is 0 Å². The number of hydrogen-bond donors (Lipinski definition) is 0. The molecular weight excluding hydrogens is 296 g/mol. The molecule has 0 fully saturated rings. The molecule has 0 N–H and O–H groups in total. The first kappa shape index (κ1) is 14.7. The zero-order valence-electron chi connectivity index (χ0n) is 12.7. The standard InChI is InChI=1S/C17H16N2O2S/c1-10-4-5-15-12(6-10)7-13(16(15)21)8-14-9-22-17(18-14)19(3)11(2)20/h4-6,8-9H,7H2,1-3H3/b13-8+. The van der Waals surface area contributed by atoms with E-state index in [-0.39, 0.29) is 11.7 Å². The highest BCUT2D eigenvalue weighted by Crippen LogP contribution is 2.29. The molecule has 1 aliphatic carbocycles. The molecule has 0 radical (unpaired) electrons. The average Bonchev–Trinajstić information content (AvgIpc) is 3.04. The minimum atomic E-state index is -0.0617. The van der Waals surface area contributed by atoms with Crippen LogP contribution in [0.2, 0.25) is 0 Å². The van der Waals surface area contributed by atoms with Gasteiger partial charge < -0.3 is 0 Å². The van der Waals surface area contributed by atoms with Gasteiger partial charge in [-0.15, -0.1) is 11.3 Å². The number of ketones is 1. The van der Waals surface area contributed by atoms with Crippen LogP contribution in [0, 0.1) is 6.92 Å². The first-order valence-electron chi connectivity index (χ1n) is 7.00. The maximum Gasteiger partial charge on any atom is 0.225 e. The Labute approximate surface area is 133 Å². The number of fused-ring (bicyclic) bond motifs is 1. The Hall–Kier alpha value is -2.27. The Bertz CT molecular complexity index is 805. The maximum atomic E-state index is 12.4. The van der Waals surface area contributed by atoms with Crippen molar-refractivity contribution in [2.75, 3.05) is 11.9 Å². The zero-order chi connectivity index (χ0) is 15.9. The van der Waals surface area contributed by atoms with E-state index in [2.05, 4.69) is 11.1 Å². The SMILES string of the molecule is CC(=O)N(C)c1nc(/C=C2\Cc3cc(C)ccc3C2=O)cs1. The Balaban J connectivity index is 1.88. The summed E-state index contributed by atoms with van der Waals surface area (Å²) in [6.45, 7) is 3.52. The van der Waals surface area contributed by atoms with Crippen LogP contribution < -0.4 is 4.90 Å². The van der Waals surface area contributed by atoms with Gasteiger partial charge in [0.25, 0.3) is 0 Å². The second-order valence-corrected chi connectivity index (χ2v) is 6.31. The molecular formula is C17H16N2O2S. The molecule has 1 heterocycles. The second-order valence-electron chi connectivity index (χ2n) is 5.47. The third kappa shape index (κ3) is 2.60. The molecule has 0 saturated heterocycles. The highest BCUT2D eigenvalue weighted by molar-refractivity contribution is 7.14. The van der Waals surface area contributed by atoms with Crippen molar-refractivity contribution in [1.29, 1.82) is 0 Å². The number of benzene rings is 1. The monoisotopic (exact) mass is 312 g/mol. The van der Waals surface area contributed by atoms with E-state index in [0.717, 1.165) is 28.0 Å². The van der Waals surface area contributed by atoms with Crippen LogP contribution in [0.4, 0.5) is 5.13 Å². The Morgan fingerprint density at radius 1 is 1.41 bits per heavy atom. The molecule has 3 rings (SSSR count). The number of thiazole rings is 1. The molecule has 0 spiro atoms. The van der Waals surface area contributed by atoms with Gasteiger partial charge in [0.1, 0.15) is 0 Å². The lowest BCUT2D eigenvalue weighted by Crippen LogP contribution is -2.22. The van der Waals surface area contributed by atoms with E-state index in [0.29, 0.717) is 11.6 Å². The summed E-state index contributed by atoms with van der Waals surface area (Å²) in [5.41, 5.74) is 4.50. The van der Waals surface area contributed by atoms with Crippen molar-refractivity contribution < 1.29 is 9.59 Å². The molecule has 1 aromatic carbocycles. The molecule has 2 aromatic rings. The summed E-state index contributed by atoms with van der Waals surface area (Å²) in [6.07, 6.45) is 2.47. The van der Waals surface area contributed by atoms with E-state index in [1.54, 1.807) is 7.05 Å². The van der Waals surface area contributed by atoms with Crippen molar-refractivity contribution in [2.24, 2.45) is 0 Å². The van der Waals surface area contributed by atoms with E-state index in [4.69, 9.17) is 0 Å². The van der Waals surface area contributed by atoms with Gasteiger partial charge in [-0.1, -0.05) is 23.8 Å². The molecule has 22 heavy (non-hydrogen) atoms. The van der Waals surface area contributed by atoms with Crippen molar-refractivity contribution in [2.45, 2.75) is 20.3 Å². The molecule has 0 atom stereocenters. The fourth-order valence-corrected chi connectivity index (χ4v) is 3.27. The van der Waals surface area contributed by atoms with Crippen LogP contribution in [0.5, 0.6) is 0 Å². The van der Waals surface area contributed by atoms with Crippen LogP contribution >= 0.6 is 11.3 Å². The topological polar surface area (TPSA) is 50.3 Å². The number of carbonyl (C=O) groups is 2. The van der Waals surface area contributed by atoms with Gasteiger partial charge >= 0.3 is 0 Å². The van der Waals surface area contributed by atoms with Gasteiger partial charge in [-0.3, -0.25) is 14.5 Å². The van der Waals surface area contributed by atoms with Crippen molar-refractivity contribution in [3.05, 3.63) is 51.5 Å². The highest BCUT2D eigenvalue weighted by atomic mass is 32.1. The lowest BCUT2D eigenvalue weighted by Gasteiger charge is -2.09. The Morgan fingerprint density at radius 2 is 2.18 bits per heavy atom. The van der Waals surface area contributed by atoms with Gasteiger partial charge in [0.05, 0.1) is 5.69 Å². The highest BCUT2D eigenvalue weighted by Gasteiger charge is 2.24. The van der Waals surface area contributed by atoms with Gasteiger partial charge in [-0.25, -0.2) is 4.98 Å². The number of aromatic nitrogens is 1. The van der Waals surface area contributed by atoms with Gasteiger partial charge in [-0.2, -0.15) is 0 Å². The summed E-state index contributed by atoms with van der Waals surface area (Å²) in [5, 5.41) is 2.50. The number of hydrogen-bond acceptors (Lipinski definition) is 4. The van der Waals surface area contributed by atoms with E-state index >= 15 is 0 Å². The smallest absolute Gasteiger partial charge is 0.225 e. The fraction of sp³-hybridized carbons (Fsp3) is 0.235. The van der Waals surface area contributed by atoms with Crippen molar-refractivity contribution >= 4 is 34.2 Å². The van der Waals surface area contributed by atoms with Gasteiger partial charge in [0.2, 0.25) is 5.91 Å². The lowest BCUT2D eigenvalue weighted by molar-refractivity contribution is -0.116. The summed E-state index contributed by atoms with van der Waals surface area (Å²) in [5.74, 6) is 0.0119. The average molecular weight is 312 g/mol. The van der Waals surface area contributed by atoms with Crippen molar-refractivity contribution in [1.82, 2.24) is 4.98 Å². The normalized spacial score (nSPS) is 15.2. The predicted octanol–water partition coefficient (Wildman–Crippen LogP) is 3.26. The first-order valence-corrected chi connectivity index (χ1v) is 7.88. The minimum Gasteiger partial charge on any atom is -0.291 e. The van der Waals surface area contributed by atoms with Crippen LogP contribution in [0.25, 0.3) is 6.08 Å². The number of Topliss-reactive ketones (excluding diaryl/α,β-unsaturated/α-hetero) is 1. The molecule has 4 nitrogen and oxygen atoms in total. The molecule has 112 valence electrons. The summed E-state index contributed by atoms with van der Waals surface area (Å²) in [4.78, 5) is 29.7. The van der Waals surface area contributed by atoms with Crippen LogP contribution in [-0.4, -0.2) is 23.7 Å². The van der Waals surface area contributed by atoms with E-state index in [1.807, 2.05) is 30.5 Å². The van der Waals surface area contributed by atoms with E-state index < -0.39 is 0 Å². The van der Waals surface area contributed by atoms with Crippen LogP contribution in [0.1, 0.15) is 34.1 Å². The number of allylic oxidation sites excluding steroid dienone is 1. The fourth-order valence-electron chi connectivity index (χ4n) is 2.48. The van der Waals surface area contributed by atoms with Gasteiger partial charge in [0.15, 0.2) is 10.9 Å². The van der Waals surface area contributed by atoms with Crippen molar-refractivity contribution in [3.63, 3.8) is 0 Å². The summed E-state index contributed by atoms with van der Waals surface area (Å²) >= 11 is 1.39. The molecule has 0 saturated carbocycles. The first-order chi connectivity index (χ1) is 10.5. The van der Waals surface area contributed by atoms with E-state index in [9.17, 15) is 9.59 Å². The summed E-state index contributed by atoms with van der Waals surface area (Å²) in [6, 6.07) is 5.91. The number of aryl methyl sites for hydroxylation is 1. The number of carbonyl (C=O) groups excluding carboxylic acids is 2. The molecule has 0 bridgehead atoms. The maximum absolute atomic E-state index is 12.4. The Morgan fingerprint density at radius 3 is 2.91 bits per heavy atom. The van der Waals surface area contributed by atoms with Crippen molar-refractivity contribution in [3.8, 4) is 0 Å². The lowest BCUT2D eigenvalue weighted by atomic mass is 10.1. The second kappa shape index (κ2) is 5.50. The Kier molecular flexibility index (Phi) is 3.66. The molecule has 1 aromatic heterocycles. The quantitative estimate of drug-likeness (QED) is 0.800. The predicted molar refractivity (Wildman–Crippen MR) is 88.4 cm³/mol. The van der Waals surface area contributed by atoms with Gasteiger partial charge in [-0.05, 0) is 18.6 Å². The van der Waals surface area contributed by atoms with Crippen LogP contribution in [-0.2, 0) is 11.2 Å². The molecule has 0 aliphatic heterocycles. The molecule has 5 heteroatoms. The minimum absolute atomic E-state index is 0.0617. The van der Waals surface area contributed by atoms with Gasteiger partial charge in [0, 0.05) is 36.9 Å². The molecule has 1 amide bonds. The number of nitrogens with zero attached hydrogens (tertiary/aromatic N) is 2. The largest absolute Gasteiger partial charge is 0.291 e. The van der Waals surface area contributed by atoms with Crippen LogP contribution in [0.15, 0.2) is 29.2 Å². The summed E-state index contributed by atoms with van der Waals surface area (Å²) in [7, 11) is 1.69. The number of anilines is 1. The third-order valence-electron chi connectivity index (χ3n) is 3.77. The zero-order valence-corrected chi connectivity index (χ0v) is 13.5. The number of amides is 1. The summed E-state index contributed by atoms with van der Waals surface area (Å²) < 4.78 is 0. The third-order valence-corrected chi connectivity index (χ3v) is 4.70. The number of rotatable bonds is 2. The molecule has 1 aliphatic rings.